The van der Waals surface area contributed by atoms with Crippen LogP contribution in [0.15, 0.2) is 18.2 Å². The molecule has 0 unspecified atom stereocenters. The molecule has 1 N–H and O–H groups in total. The van der Waals surface area contributed by atoms with Gasteiger partial charge in [-0.05, 0) is 67.2 Å². The van der Waals surface area contributed by atoms with Crippen molar-refractivity contribution in [1.29, 1.82) is 0 Å². The van der Waals surface area contributed by atoms with Crippen LogP contribution < -0.4 is 5.32 Å². The summed E-state index contributed by atoms with van der Waals surface area (Å²) < 4.78 is 1.04. The molecule has 1 aromatic rings. The highest BCUT2D eigenvalue weighted by molar-refractivity contribution is 14.1. The molecule has 0 bridgehead atoms. The molecule has 1 amide bonds. The van der Waals surface area contributed by atoms with Crippen LogP contribution in [0.4, 0.5) is 0 Å². The molecule has 0 heterocycles. The van der Waals surface area contributed by atoms with E-state index >= 15 is 0 Å². The number of amides is 1. The fraction of sp³-hybridized carbons (Fsp3) is 0.533. The van der Waals surface area contributed by atoms with Gasteiger partial charge >= 0.3 is 0 Å². The predicted octanol–water partition coefficient (Wildman–Crippen LogP) is 3.06. The van der Waals surface area contributed by atoms with Gasteiger partial charge in [0.25, 0.3) is 5.91 Å². The van der Waals surface area contributed by atoms with Crippen LogP contribution in [-0.2, 0) is 0 Å². The van der Waals surface area contributed by atoms with Crippen molar-refractivity contribution in [1.82, 2.24) is 10.2 Å². The second-order valence-corrected chi connectivity index (χ2v) is 5.65. The summed E-state index contributed by atoms with van der Waals surface area (Å²) in [6.07, 6.45) is 0.996. The highest BCUT2D eigenvalue weighted by Gasteiger charge is 2.10. The fourth-order valence-corrected chi connectivity index (χ4v) is 2.57. The predicted molar refractivity (Wildman–Crippen MR) is 88.6 cm³/mol. The van der Waals surface area contributed by atoms with Crippen molar-refractivity contribution in [2.24, 2.45) is 0 Å². The van der Waals surface area contributed by atoms with E-state index < -0.39 is 0 Å². The minimum Gasteiger partial charge on any atom is -0.352 e. The molecule has 0 radical (unpaired) electrons. The maximum absolute atomic E-state index is 12.1. The van der Waals surface area contributed by atoms with E-state index in [4.69, 9.17) is 0 Å². The number of carbonyl (C=O) groups is 1. The Morgan fingerprint density at radius 2 is 2.00 bits per heavy atom. The second-order valence-electron chi connectivity index (χ2n) is 4.57. The van der Waals surface area contributed by atoms with E-state index in [2.05, 4.69) is 46.7 Å². The van der Waals surface area contributed by atoms with Crippen molar-refractivity contribution in [2.45, 2.75) is 27.2 Å². The third-order valence-electron chi connectivity index (χ3n) is 3.27. The molecule has 0 spiro atoms. The standard InChI is InChI=1S/C15H23IN2O/c1-4-18(5-2)11-7-10-17-15(19)13-9-6-8-12(3)14(13)16/h6,8-9H,4-5,7,10-11H2,1-3H3,(H,17,19). The van der Waals surface area contributed by atoms with E-state index in [0.717, 1.165) is 47.3 Å². The van der Waals surface area contributed by atoms with Crippen molar-refractivity contribution in [2.75, 3.05) is 26.2 Å². The number of rotatable bonds is 7. The molecule has 0 aliphatic rings. The first-order chi connectivity index (χ1) is 9.10. The number of benzene rings is 1. The molecule has 0 aromatic heterocycles. The van der Waals surface area contributed by atoms with Gasteiger partial charge in [0.2, 0.25) is 0 Å². The van der Waals surface area contributed by atoms with Gasteiger partial charge in [0.15, 0.2) is 0 Å². The summed E-state index contributed by atoms with van der Waals surface area (Å²) in [5.74, 6) is 0.0349. The molecule has 19 heavy (non-hydrogen) atoms. The molecule has 3 nitrogen and oxygen atoms in total. The van der Waals surface area contributed by atoms with Gasteiger partial charge in [-0.2, -0.15) is 0 Å². The Bertz CT molecular complexity index is 417. The fourth-order valence-electron chi connectivity index (χ4n) is 1.96. The number of nitrogens with one attached hydrogen (secondary N) is 1. The van der Waals surface area contributed by atoms with Gasteiger partial charge in [-0.25, -0.2) is 0 Å². The first-order valence-electron chi connectivity index (χ1n) is 6.85. The van der Waals surface area contributed by atoms with Crippen molar-refractivity contribution in [3.63, 3.8) is 0 Å². The van der Waals surface area contributed by atoms with Crippen LogP contribution in [0, 0.1) is 10.5 Å². The summed E-state index contributed by atoms with van der Waals surface area (Å²) in [5, 5.41) is 3.00. The monoisotopic (exact) mass is 374 g/mol. The molecule has 0 aliphatic heterocycles. The largest absolute Gasteiger partial charge is 0.352 e. The average molecular weight is 374 g/mol. The van der Waals surface area contributed by atoms with Crippen LogP contribution in [-0.4, -0.2) is 37.0 Å². The van der Waals surface area contributed by atoms with Gasteiger partial charge < -0.3 is 10.2 Å². The van der Waals surface area contributed by atoms with Crippen molar-refractivity contribution < 1.29 is 4.79 Å². The number of carbonyl (C=O) groups excluding carboxylic acids is 1. The molecule has 0 fully saturated rings. The molecule has 4 heteroatoms. The smallest absolute Gasteiger partial charge is 0.252 e. The summed E-state index contributed by atoms with van der Waals surface area (Å²) in [7, 11) is 0. The summed E-state index contributed by atoms with van der Waals surface area (Å²) in [5.41, 5.74) is 1.93. The van der Waals surface area contributed by atoms with Crippen LogP contribution in [0.2, 0.25) is 0 Å². The summed E-state index contributed by atoms with van der Waals surface area (Å²) in [6, 6.07) is 5.84. The molecular formula is C15H23IN2O. The van der Waals surface area contributed by atoms with Gasteiger partial charge in [-0.1, -0.05) is 26.0 Å². The Labute approximate surface area is 129 Å². The van der Waals surface area contributed by atoms with E-state index in [0.29, 0.717) is 0 Å². The third-order valence-corrected chi connectivity index (χ3v) is 4.70. The Hall–Kier alpha value is -0.620. The molecule has 0 saturated heterocycles. The Morgan fingerprint density at radius 3 is 2.63 bits per heavy atom. The zero-order valence-electron chi connectivity index (χ0n) is 12.0. The molecule has 0 aliphatic carbocycles. The van der Waals surface area contributed by atoms with E-state index in [1.807, 2.05) is 25.1 Å². The lowest BCUT2D eigenvalue weighted by atomic mass is 10.1. The zero-order valence-corrected chi connectivity index (χ0v) is 14.2. The topological polar surface area (TPSA) is 32.3 Å². The third kappa shape index (κ3) is 5.10. The number of nitrogens with zero attached hydrogens (tertiary/aromatic N) is 1. The Balaban J connectivity index is 2.41. The lowest BCUT2D eigenvalue weighted by Crippen LogP contribution is -2.30. The maximum Gasteiger partial charge on any atom is 0.252 e. The zero-order chi connectivity index (χ0) is 14.3. The van der Waals surface area contributed by atoms with Crippen molar-refractivity contribution in [3.8, 4) is 0 Å². The molecule has 1 rings (SSSR count). The average Bonchev–Trinajstić information content (AvgIpc) is 2.42. The second kappa shape index (κ2) is 8.53. The maximum atomic E-state index is 12.1. The lowest BCUT2D eigenvalue weighted by molar-refractivity contribution is 0.0951. The van der Waals surface area contributed by atoms with Crippen LogP contribution >= 0.6 is 22.6 Å². The summed E-state index contributed by atoms with van der Waals surface area (Å²) >= 11 is 2.23. The van der Waals surface area contributed by atoms with Crippen LogP contribution in [0.25, 0.3) is 0 Å². The minimum absolute atomic E-state index is 0.0349. The van der Waals surface area contributed by atoms with E-state index in [1.165, 1.54) is 0 Å². The minimum atomic E-state index is 0.0349. The number of aryl methyl sites for hydroxylation is 1. The van der Waals surface area contributed by atoms with Crippen LogP contribution in [0.1, 0.15) is 36.2 Å². The van der Waals surface area contributed by atoms with Gasteiger partial charge in [0.05, 0.1) is 5.56 Å². The highest BCUT2D eigenvalue weighted by atomic mass is 127. The van der Waals surface area contributed by atoms with E-state index in [-0.39, 0.29) is 5.91 Å². The Morgan fingerprint density at radius 1 is 1.32 bits per heavy atom. The first kappa shape index (κ1) is 16.4. The van der Waals surface area contributed by atoms with E-state index in [9.17, 15) is 4.79 Å². The molecule has 1 aromatic carbocycles. The van der Waals surface area contributed by atoms with Gasteiger partial charge in [0.1, 0.15) is 0 Å². The quantitative estimate of drug-likeness (QED) is 0.588. The summed E-state index contributed by atoms with van der Waals surface area (Å²) in [4.78, 5) is 14.4. The SMILES string of the molecule is CCN(CC)CCCNC(=O)c1cccc(C)c1I. The van der Waals surface area contributed by atoms with E-state index in [1.54, 1.807) is 0 Å². The highest BCUT2D eigenvalue weighted by Crippen LogP contribution is 2.16. The number of hydrogen-bond acceptors (Lipinski definition) is 2. The normalized spacial score (nSPS) is 10.8. The van der Waals surface area contributed by atoms with Crippen molar-refractivity contribution in [3.05, 3.63) is 32.9 Å². The Kier molecular flexibility index (Phi) is 7.38. The summed E-state index contributed by atoms with van der Waals surface area (Å²) in [6.45, 7) is 10.3. The van der Waals surface area contributed by atoms with Crippen LogP contribution in [0.5, 0.6) is 0 Å². The van der Waals surface area contributed by atoms with Gasteiger partial charge in [-0.3, -0.25) is 4.79 Å². The molecule has 106 valence electrons. The first-order valence-corrected chi connectivity index (χ1v) is 7.93. The number of hydrogen-bond donors (Lipinski definition) is 1. The molecular weight excluding hydrogens is 351 g/mol. The molecule has 0 saturated carbocycles. The van der Waals surface area contributed by atoms with Gasteiger partial charge in [0, 0.05) is 10.1 Å². The van der Waals surface area contributed by atoms with Gasteiger partial charge in [-0.15, -0.1) is 0 Å². The van der Waals surface area contributed by atoms with Crippen molar-refractivity contribution >= 4 is 28.5 Å². The molecule has 0 atom stereocenters. The van der Waals surface area contributed by atoms with Crippen LogP contribution in [0.3, 0.4) is 0 Å². The number of halogens is 1. The lowest BCUT2D eigenvalue weighted by Gasteiger charge is -2.17.